The summed E-state index contributed by atoms with van der Waals surface area (Å²) < 4.78 is 18.5. The van der Waals surface area contributed by atoms with Crippen molar-refractivity contribution in [1.29, 1.82) is 0 Å². The number of methoxy groups -OCH3 is 3. The van der Waals surface area contributed by atoms with Gasteiger partial charge in [0.15, 0.2) is 17.1 Å². The van der Waals surface area contributed by atoms with E-state index in [4.69, 9.17) is 29.9 Å². The molecular formula is C23H32N6O3. The largest absolute Gasteiger partial charge is 0.493 e. The Kier molecular flexibility index (Phi) is 6.84. The van der Waals surface area contributed by atoms with Gasteiger partial charge in [0, 0.05) is 37.5 Å². The maximum absolute atomic E-state index is 5.82. The first-order valence-electron chi connectivity index (χ1n) is 11.1. The first kappa shape index (κ1) is 22.0. The Hall–Kier alpha value is -3.20. The minimum Gasteiger partial charge on any atom is -0.493 e. The molecule has 32 heavy (non-hydrogen) atoms. The van der Waals surface area contributed by atoms with Crippen LogP contribution in [0.4, 0.5) is 17.5 Å². The molecule has 0 aliphatic carbocycles. The topological polar surface area (TPSA) is 99.7 Å². The number of aryl methyl sites for hydroxylation is 1. The van der Waals surface area contributed by atoms with E-state index >= 15 is 0 Å². The molecule has 0 saturated carbocycles. The highest BCUT2D eigenvalue weighted by molar-refractivity contribution is 5.78. The summed E-state index contributed by atoms with van der Waals surface area (Å²) in [6.07, 6.45) is 4.53. The molecule has 1 aliphatic rings. The molecule has 1 aliphatic heterocycles. The van der Waals surface area contributed by atoms with Gasteiger partial charge in [-0.25, -0.2) is 9.97 Å². The van der Waals surface area contributed by atoms with Crippen molar-refractivity contribution < 1.29 is 14.2 Å². The molecule has 1 fully saturated rings. The molecule has 172 valence electrons. The van der Waals surface area contributed by atoms with Crippen molar-refractivity contribution in [3.05, 3.63) is 24.3 Å². The number of anilines is 3. The third-order valence-corrected chi connectivity index (χ3v) is 5.76. The van der Waals surface area contributed by atoms with Gasteiger partial charge in [0.25, 0.3) is 0 Å². The van der Waals surface area contributed by atoms with Gasteiger partial charge in [-0.1, -0.05) is 0 Å². The van der Waals surface area contributed by atoms with E-state index in [0.717, 1.165) is 48.7 Å². The van der Waals surface area contributed by atoms with Crippen LogP contribution < -0.4 is 30.2 Å². The number of hydrogen-bond acceptors (Lipinski definition) is 8. The van der Waals surface area contributed by atoms with Crippen LogP contribution in [0.5, 0.6) is 17.2 Å². The highest BCUT2D eigenvalue weighted by atomic mass is 16.5. The van der Waals surface area contributed by atoms with Crippen molar-refractivity contribution in [2.75, 3.05) is 51.2 Å². The fraction of sp³-hybridized carbons (Fsp3) is 0.478. The van der Waals surface area contributed by atoms with Crippen LogP contribution in [-0.4, -0.2) is 55.5 Å². The van der Waals surface area contributed by atoms with Gasteiger partial charge in [-0.3, -0.25) is 4.57 Å². The maximum atomic E-state index is 5.82. The minimum atomic E-state index is 0.546. The molecule has 2 aromatic heterocycles. The van der Waals surface area contributed by atoms with Gasteiger partial charge in [-0.05, 0) is 44.4 Å². The van der Waals surface area contributed by atoms with Gasteiger partial charge in [-0.2, -0.15) is 0 Å². The predicted molar refractivity (Wildman–Crippen MR) is 127 cm³/mol. The number of ether oxygens (including phenoxy) is 3. The molecule has 3 N–H and O–H groups in total. The van der Waals surface area contributed by atoms with Crippen molar-refractivity contribution in [2.45, 2.75) is 32.2 Å². The number of pyridine rings is 1. The molecule has 3 heterocycles. The predicted octanol–water partition coefficient (Wildman–Crippen LogP) is 3.54. The highest BCUT2D eigenvalue weighted by Gasteiger charge is 2.18. The summed E-state index contributed by atoms with van der Waals surface area (Å²) in [7, 11) is 4.79. The Bertz CT molecular complexity index is 1040. The van der Waals surface area contributed by atoms with Crippen molar-refractivity contribution in [2.24, 2.45) is 5.73 Å². The molecule has 0 spiro atoms. The van der Waals surface area contributed by atoms with Gasteiger partial charge >= 0.3 is 0 Å². The van der Waals surface area contributed by atoms with E-state index in [0.29, 0.717) is 29.7 Å². The summed E-state index contributed by atoms with van der Waals surface area (Å²) in [5.41, 5.74) is 8.30. The smallest absolute Gasteiger partial charge is 0.209 e. The van der Waals surface area contributed by atoms with E-state index in [2.05, 4.69) is 20.9 Å². The SMILES string of the molecule is COc1cc(Nc2nc3ccc(N4CCCCC4)nc3n2CCCN)cc(OC)c1OC. The van der Waals surface area contributed by atoms with Gasteiger partial charge in [0.2, 0.25) is 11.7 Å². The third-order valence-electron chi connectivity index (χ3n) is 5.76. The summed E-state index contributed by atoms with van der Waals surface area (Å²) in [6, 6.07) is 7.84. The summed E-state index contributed by atoms with van der Waals surface area (Å²) in [6.45, 7) is 3.41. The van der Waals surface area contributed by atoms with Crippen LogP contribution in [0.3, 0.4) is 0 Å². The van der Waals surface area contributed by atoms with Gasteiger partial charge in [0.05, 0.1) is 21.3 Å². The summed E-state index contributed by atoms with van der Waals surface area (Å²) in [5.74, 6) is 3.40. The first-order valence-corrected chi connectivity index (χ1v) is 11.1. The van der Waals surface area contributed by atoms with Crippen molar-refractivity contribution in [3.8, 4) is 17.2 Å². The van der Waals surface area contributed by atoms with Crippen molar-refractivity contribution in [3.63, 3.8) is 0 Å². The number of hydrogen-bond donors (Lipinski definition) is 2. The van der Waals surface area contributed by atoms with Crippen LogP contribution in [0, 0.1) is 0 Å². The normalized spacial score (nSPS) is 13.9. The Balaban J connectivity index is 1.73. The zero-order chi connectivity index (χ0) is 22.5. The Morgan fingerprint density at radius 2 is 1.69 bits per heavy atom. The second-order valence-electron chi connectivity index (χ2n) is 7.83. The van der Waals surface area contributed by atoms with Crippen molar-refractivity contribution >= 4 is 28.6 Å². The summed E-state index contributed by atoms with van der Waals surface area (Å²) >= 11 is 0. The number of aromatic nitrogens is 3. The lowest BCUT2D eigenvalue weighted by Gasteiger charge is -2.27. The zero-order valence-electron chi connectivity index (χ0n) is 19.1. The molecular weight excluding hydrogens is 408 g/mol. The zero-order valence-corrected chi connectivity index (χ0v) is 19.1. The molecule has 0 radical (unpaired) electrons. The van der Waals surface area contributed by atoms with Crippen LogP contribution in [-0.2, 0) is 6.54 Å². The van der Waals surface area contributed by atoms with E-state index < -0.39 is 0 Å². The molecule has 9 heteroatoms. The number of nitrogens with zero attached hydrogens (tertiary/aromatic N) is 4. The first-order chi connectivity index (χ1) is 15.7. The lowest BCUT2D eigenvalue weighted by molar-refractivity contribution is 0.324. The summed E-state index contributed by atoms with van der Waals surface area (Å²) in [5, 5.41) is 3.41. The minimum absolute atomic E-state index is 0.546. The Labute approximate surface area is 188 Å². The van der Waals surface area contributed by atoms with Crippen LogP contribution in [0.25, 0.3) is 11.2 Å². The Morgan fingerprint density at radius 1 is 0.969 bits per heavy atom. The Morgan fingerprint density at radius 3 is 2.31 bits per heavy atom. The van der Waals surface area contributed by atoms with E-state index in [1.807, 2.05) is 18.2 Å². The maximum Gasteiger partial charge on any atom is 0.209 e. The average molecular weight is 441 g/mol. The van der Waals surface area contributed by atoms with Gasteiger partial charge in [0.1, 0.15) is 11.3 Å². The molecule has 4 rings (SSSR count). The van der Waals surface area contributed by atoms with E-state index in [1.54, 1.807) is 21.3 Å². The summed E-state index contributed by atoms with van der Waals surface area (Å²) in [4.78, 5) is 12.2. The fourth-order valence-corrected chi connectivity index (χ4v) is 4.13. The van der Waals surface area contributed by atoms with Crippen LogP contribution in [0.15, 0.2) is 24.3 Å². The molecule has 0 amide bonds. The number of imidazole rings is 1. The number of nitrogens with two attached hydrogens (primary N) is 1. The van der Waals surface area contributed by atoms with E-state index in [1.165, 1.54) is 19.3 Å². The van der Waals surface area contributed by atoms with E-state index in [-0.39, 0.29) is 0 Å². The quantitative estimate of drug-likeness (QED) is 0.521. The standard InChI is InChI=1S/C23H32N6O3/c1-30-18-14-16(15-19(31-2)21(18)32-3)25-23-26-17-8-9-20(28-11-5-4-6-12-28)27-22(17)29(23)13-7-10-24/h8-9,14-15H,4-7,10-13,24H2,1-3H3,(H,25,26). The average Bonchev–Trinajstić information content (AvgIpc) is 3.18. The van der Waals surface area contributed by atoms with Gasteiger partial charge in [-0.15, -0.1) is 0 Å². The molecule has 9 nitrogen and oxygen atoms in total. The number of rotatable bonds is 9. The molecule has 3 aromatic rings. The second-order valence-corrected chi connectivity index (χ2v) is 7.83. The lowest BCUT2D eigenvalue weighted by atomic mass is 10.1. The number of nitrogens with one attached hydrogen (secondary N) is 1. The fourth-order valence-electron chi connectivity index (χ4n) is 4.13. The lowest BCUT2D eigenvalue weighted by Crippen LogP contribution is -2.30. The number of benzene rings is 1. The second kappa shape index (κ2) is 9.95. The van der Waals surface area contributed by atoms with E-state index in [9.17, 15) is 0 Å². The third kappa shape index (κ3) is 4.38. The highest BCUT2D eigenvalue weighted by Crippen LogP contribution is 2.40. The molecule has 0 unspecified atom stereocenters. The van der Waals surface area contributed by atoms with Crippen LogP contribution >= 0.6 is 0 Å². The number of piperidine rings is 1. The van der Waals surface area contributed by atoms with Crippen LogP contribution in [0.2, 0.25) is 0 Å². The van der Waals surface area contributed by atoms with Crippen LogP contribution in [0.1, 0.15) is 25.7 Å². The molecule has 0 bridgehead atoms. The molecule has 1 aromatic carbocycles. The monoisotopic (exact) mass is 440 g/mol. The van der Waals surface area contributed by atoms with Gasteiger partial charge < -0.3 is 30.2 Å². The number of fused-ring (bicyclic) bond motifs is 1. The molecule has 0 atom stereocenters. The molecule has 1 saturated heterocycles. The van der Waals surface area contributed by atoms with Crippen molar-refractivity contribution in [1.82, 2.24) is 14.5 Å².